The first-order chi connectivity index (χ1) is 8.63. The second-order valence-corrected chi connectivity index (χ2v) is 4.17. The number of amides is 1. The molecule has 0 saturated heterocycles. The minimum absolute atomic E-state index is 0.173. The number of hydrogen-bond donors (Lipinski definition) is 4. The summed E-state index contributed by atoms with van der Waals surface area (Å²) in [6, 6.07) is 4.78. The number of hydrogen-bond acceptors (Lipinski definition) is 5. The highest BCUT2D eigenvalue weighted by Gasteiger charge is 2.23. The van der Waals surface area contributed by atoms with Gasteiger partial charge >= 0.3 is 0 Å². The van der Waals surface area contributed by atoms with Crippen molar-refractivity contribution < 1.29 is 19.7 Å². The van der Waals surface area contributed by atoms with Gasteiger partial charge in [0.2, 0.25) is 0 Å². The van der Waals surface area contributed by atoms with Crippen LogP contribution in [0.25, 0.3) is 0 Å². The maximum atomic E-state index is 11.5. The second kappa shape index (κ2) is 5.24. The first-order valence-electron chi connectivity index (χ1n) is 5.74. The Labute approximate surface area is 105 Å². The molecule has 0 aliphatic carbocycles. The maximum Gasteiger partial charge on any atom is 0.265 e. The summed E-state index contributed by atoms with van der Waals surface area (Å²) in [5, 5.41) is 23.6. The van der Waals surface area contributed by atoms with Crippen LogP contribution in [0.5, 0.6) is 5.75 Å². The molecular weight excluding hydrogens is 236 g/mol. The van der Waals surface area contributed by atoms with Gasteiger partial charge in [0.25, 0.3) is 5.91 Å². The predicted molar refractivity (Wildman–Crippen MR) is 66.7 cm³/mol. The SMILES string of the molecule is CC1Oc2ccc(NC(CO)CO)cc2NC1=O. The third-order valence-corrected chi connectivity index (χ3v) is 2.72. The third kappa shape index (κ3) is 2.55. The summed E-state index contributed by atoms with van der Waals surface area (Å²) in [6.45, 7) is 1.33. The molecule has 0 radical (unpaired) electrons. The zero-order valence-corrected chi connectivity index (χ0v) is 10.0. The number of aliphatic hydroxyl groups excluding tert-OH is 2. The highest BCUT2D eigenvalue weighted by atomic mass is 16.5. The molecule has 6 nitrogen and oxygen atoms in total. The van der Waals surface area contributed by atoms with Crippen molar-refractivity contribution in [2.75, 3.05) is 23.8 Å². The van der Waals surface area contributed by atoms with Crippen LogP contribution < -0.4 is 15.4 Å². The van der Waals surface area contributed by atoms with Gasteiger partial charge in [-0.25, -0.2) is 0 Å². The summed E-state index contributed by atoms with van der Waals surface area (Å²) in [4.78, 5) is 11.5. The highest BCUT2D eigenvalue weighted by molar-refractivity contribution is 5.98. The zero-order chi connectivity index (χ0) is 13.1. The van der Waals surface area contributed by atoms with Crippen LogP contribution in [-0.4, -0.2) is 41.5 Å². The Morgan fingerprint density at radius 1 is 1.44 bits per heavy atom. The first-order valence-corrected chi connectivity index (χ1v) is 5.74. The standard InChI is InChI=1S/C12H16N2O4/c1-7-12(17)14-10-4-8(2-3-11(10)18-7)13-9(5-15)6-16/h2-4,7,9,13,15-16H,5-6H2,1H3,(H,14,17). The van der Waals surface area contributed by atoms with E-state index in [0.717, 1.165) is 0 Å². The van der Waals surface area contributed by atoms with Crippen LogP contribution in [0.2, 0.25) is 0 Å². The van der Waals surface area contributed by atoms with E-state index in [-0.39, 0.29) is 19.1 Å². The van der Waals surface area contributed by atoms with Gasteiger partial charge in [0, 0.05) is 5.69 Å². The Balaban J connectivity index is 2.17. The molecule has 18 heavy (non-hydrogen) atoms. The van der Waals surface area contributed by atoms with E-state index in [2.05, 4.69) is 10.6 Å². The summed E-state index contributed by atoms with van der Waals surface area (Å²) in [6.07, 6.45) is -0.501. The molecule has 4 N–H and O–H groups in total. The summed E-state index contributed by atoms with van der Waals surface area (Å²) in [5.74, 6) is 0.415. The zero-order valence-electron chi connectivity index (χ0n) is 10.0. The fourth-order valence-electron chi connectivity index (χ4n) is 1.68. The number of carbonyl (C=O) groups is 1. The van der Waals surface area contributed by atoms with Gasteiger partial charge in [-0.05, 0) is 25.1 Å². The highest BCUT2D eigenvalue weighted by Crippen LogP contribution is 2.32. The molecule has 1 aromatic rings. The van der Waals surface area contributed by atoms with E-state index in [9.17, 15) is 4.79 Å². The molecule has 2 rings (SSSR count). The Bertz CT molecular complexity index is 446. The Morgan fingerprint density at radius 3 is 2.83 bits per heavy atom. The molecule has 0 spiro atoms. The van der Waals surface area contributed by atoms with E-state index in [1.54, 1.807) is 25.1 Å². The van der Waals surface area contributed by atoms with Crippen molar-refractivity contribution >= 4 is 17.3 Å². The molecule has 0 bridgehead atoms. The van der Waals surface area contributed by atoms with E-state index in [0.29, 0.717) is 17.1 Å². The lowest BCUT2D eigenvalue weighted by Gasteiger charge is -2.24. The molecule has 1 unspecified atom stereocenters. The molecule has 1 aliphatic heterocycles. The molecule has 0 aromatic heterocycles. The number of nitrogens with one attached hydrogen (secondary N) is 2. The van der Waals surface area contributed by atoms with Gasteiger partial charge in [-0.1, -0.05) is 0 Å². The van der Waals surface area contributed by atoms with Crippen molar-refractivity contribution in [1.82, 2.24) is 0 Å². The Kier molecular flexibility index (Phi) is 3.69. The molecule has 6 heteroatoms. The minimum atomic E-state index is -0.501. The van der Waals surface area contributed by atoms with Crippen LogP contribution in [0.4, 0.5) is 11.4 Å². The van der Waals surface area contributed by atoms with Crippen LogP contribution in [0.15, 0.2) is 18.2 Å². The van der Waals surface area contributed by atoms with Crippen LogP contribution in [0.3, 0.4) is 0 Å². The van der Waals surface area contributed by atoms with Crippen molar-refractivity contribution in [1.29, 1.82) is 0 Å². The van der Waals surface area contributed by atoms with E-state index in [1.165, 1.54) is 0 Å². The lowest BCUT2D eigenvalue weighted by molar-refractivity contribution is -0.122. The number of fused-ring (bicyclic) bond motifs is 1. The lowest BCUT2D eigenvalue weighted by atomic mass is 10.2. The van der Waals surface area contributed by atoms with Gasteiger partial charge in [-0.3, -0.25) is 4.79 Å². The predicted octanol–water partition coefficient (Wildman–Crippen LogP) is 0.171. The number of anilines is 2. The molecule has 1 aromatic carbocycles. The average molecular weight is 252 g/mol. The number of carbonyl (C=O) groups excluding carboxylic acids is 1. The molecular formula is C12H16N2O4. The first kappa shape index (κ1) is 12.7. The van der Waals surface area contributed by atoms with E-state index < -0.39 is 12.1 Å². The van der Waals surface area contributed by atoms with Crippen LogP contribution in [0.1, 0.15) is 6.92 Å². The van der Waals surface area contributed by atoms with E-state index >= 15 is 0 Å². The smallest absolute Gasteiger partial charge is 0.265 e. The number of ether oxygens (including phenoxy) is 1. The maximum absolute atomic E-state index is 11.5. The number of rotatable bonds is 4. The minimum Gasteiger partial charge on any atom is -0.479 e. The Morgan fingerprint density at radius 2 is 2.17 bits per heavy atom. The van der Waals surface area contributed by atoms with Crippen molar-refractivity contribution in [3.8, 4) is 5.75 Å². The molecule has 0 saturated carbocycles. The van der Waals surface area contributed by atoms with Gasteiger partial charge in [0.1, 0.15) is 5.75 Å². The van der Waals surface area contributed by atoms with E-state index in [1.807, 2.05) is 0 Å². The van der Waals surface area contributed by atoms with Crippen LogP contribution >= 0.6 is 0 Å². The number of benzene rings is 1. The van der Waals surface area contributed by atoms with Crippen molar-refractivity contribution in [2.45, 2.75) is 19.1 Å². The summed E-state index contributed by atoms with van der Waals surface area (Å²) < 4.78 is 5.42. The molecule has 1 amide bonds. The Hall–Kier alpha value is -1.79. The third-order valence-electron chi connectivity index (χ3n) is 2.72. The normalized spacial score (nSPS) is 18.0. The van der Waals surface area contributed by atoms with Crippen molar-refractivity contribution in [2.24, 2.45) is 0 Å². The molecule has 1 atom stereocenters. The quantitative estimate of drug-likeness (QED) is 0.613. The van der Waals surface area contributed by atoms with Gasteiger partial charge in [-0.2, -0.15) is 0 Å². The second-order valence-electron chi connectivity index (χ2n) is 4.17. The van der Waals surface area contributed by atoms with Gasteiger partial charge in [0.05, 0.1) is 24.9 Å². The summed E-state index contributed by atoms with van der Waals surface area (Å²) in [5.41, 5.74) is 1.28. The average Bonchev–Trinajstić information content (AvgIpc) is 2.37. The fourth-order valence-corrected chi connectivity index (χ4v) is 1.68. The number of aliphatic hydroxyl groups is 2. The van der Waals surface area contributed by atoms with Gasteiger partial charge in [0.15, 0.2) is 6.10 Å². The molecule has 98 valence electrons. The summed E-state index contributed by atoms with van der Waals surface area (Å²) in [7, 11) is 0. The molecule has 1 heterocycles. The monoisotopic (exact) mass is 252 g/mol. The van der Waals surface area contributed by atoms with Gasteiger partial charge in [-0.15, -0.1) is 0 Å². The van der Waals surface area contributed by atoms with Gasteiger partial charge < -0.3 is 25.6 Å². The van der Waals surface area contributed by atoms with Crippen molar-refractivity contribution in [3.63, 3.8) is 0 Å². The fraction of sp³-hybridized carbons (Fsp3) is 0.417. The topological polar surface area (TPSA) is 90.8 Å². The van der Waals surface area contributed by atoms with E-state index in [4.69, 9.17) is 14.9 Å². The largest absolute Gasteiger partial charge is 0.479 e. The lowest BCUT2D eigenvalue weighted by Crippen LogP contribution is -2.34. The van der Waals surface area contributed by atoms with Crippen LogP contribution in [0, 0.1) is 0 Å². The summed E-state index contributed by atoms with van der Waals surface area (Å²) >= 11 is 0. The van der Waals surface area contributed by atoms with Crippen molar-refractivity contribution in [3.05, 3.63) is 18.2 Å². The van der Waals surface area contributed by atoms with Crippen LogP contribution in [-0.2, 0) is 4.79 Å². The molecule has 0 fully saturated rings. The molecule has 1 aliphatic rings.